The number of benzene rings is 1. The molecular weight excluding hydrogens is 246 g/mol. The van der Waals surface area contributed by atoms with Crippen molar-refractivity contribution in [1.82, 2.24) is 4.90 Å². The van der Waals surface area contributed by atoms with Gasteiger partial charge in [0.05, 0.1) is 0 Å². The predicted octanol–water partition coefficient (Wildman–Crippen LogP) is 3.39. The molecule has 1 aliphatic heterocycles. The van der Waals surface area contributed by atoms with E-state index in [1.165, 1.54) is 30.4 Å². The zero-order valence-corrected chi connectivity index (χ0v) is 11.8. The molecule has 1 aromatic rings. The van der Waals surface area contributed by atoms with Crippen LogP contribution in [-0.4, -0.2) is 29.2 Å². The average Bonchev–Trinajstić information content (AvgIpc) is 2.35. The fraction of sp³-hybridized carbons (Fsp3) is 0.600. The van der Waals surface area contributed by atoms with Gasteiger partial charge in [-0.2, -0.15) is 0 Å². The average molecular weight is 268 g/mol. The largest absolute Gasteiger partial charge is 0.396 e. The van der Waals surface area contributed by atoms with Crippen molar-refractivity contribution in [3.8, 4) is 0 Å². The molecule has 18 heavy (non-hydrogen) atoms. The van der Waals surface area contributed by atoms with Gasteiger partial charge in [-0.1, -0.05) is 30.2 Å². The molecule has 3 heteroatoms. The molecule has 0 radical (unpaired) electrons. The molecule has 1 saturated heterocycles. The minimum Gasteiger partial charge on any atom is -0.396 e. The Bertz CT molecular complexity index is 392. The summed E-state index contributed by atoms with van der Waals surface area (Å²) < 4.78 is 0. The number of nitrogens with zero attached hydrogens (tertiary/aromatic N) is 1. The highest BCUT2D eigenvalue weighted by atomic mass is 35.5. The van der Waals surface area contributed by atoms with Crippen LogP contribution >= 0.6 is 11.6 Å². The van der Waals surface area contributed by atoms with E-state index < -0.39 is 0 Å². The van der Waals surface area contributed by atoms with E-state index in [9.17, 15) is 0 Å². The van der Waals surface area contributed by atoms with E-state index in [0.717, 1.165) is 24.5 Å². The standard InChI is InChI=1S/C15H22ClNO/c1-12-5-6-13(15(16)10-12)11-17-8-3-2-4-14(17)7-9-18/h5-6,10,14,18H,2-4,7-9,11H2,1H3. The summed E-state index contributed by atoms with van der Waals surface area (Å²) in [6.45, 7) is 4.37. The summed E-state index contributed by atoms with van der Waals surface area (Å²) in [4.78, 5) is 2.47. The van der Waals surface area contributed by atoms with Crippen molar-refractivity contribution in [3.05, 3.63) is 34.3 Å². The van der Waals surface area contributed by atoms with Crippen LogP contribution in [0.5, 0.6) is 0 Å². The maximum atomic E-state index is 9.14. The van der Waals surface area contributed by atoms with Crippen molar-refractivity contribution >= 4 is 11.6 Å². The summed E-state index contributed by atoms with van der Waals surface area (Å²) in [5.74, 6) is 0. The maximum Gasteiger partial charge on any atom is 0.0453 e. The van der Waals surface area contributed by atoms with Gasteiger partial charge in [-0.05, 0) is 49.9 Å². The Labute approximate surface area is 115 Å². The zero-order valence-electron chi connectivity index (χ0n) is 11.0. The third-order valence-electron chi connectivity index (χ3n) is 3.79. The number of likely N-dealkylation sites (tertiary alicyclic amines) is 1. The Morgan fingerprint density at radius 3 is 2.94 bits per heavy atom. The van der Waals surface area contributed by atoms with Crippen LogP contribution in [0.2, 0.25) is 5.02 Å². The molecule has 0 spiro atoms. The number of hydrogen-bond donors (Lipinski definition) is 1. The number of aryl methyl sites for hydroxylation is 1. The van der Waals surface area contributed by atoms with Crippen molar-refractivity contribution in [3.63, 3.8) is 0 Å². The number of aliphatic hydroxyl groups excluding tert-OH is 1. The molecule has 1 fully saturated rings. The monoisotopic (exact) mass is 267 g/mol. The first-order chi connectivity index (χ1) is 8.70. The highest BCUT2D eigenvalue weighted by Gasteiger charge is 2.22. The highest BCUT2D eigenvalue weighted by molar-refractivity contribution is 6.31. The summed E-state index contributed by atoms with van der Waals surface area (Å²) in [7, 11) is 0. The van der Waals surface area contributed by atoms with Crippen LogP contribution < -0.4 is 0 Å². The number of halogens is 1. The van der Waals surface area contributed by atoms with Crippen LogP contribution in [0.15, 0.2) is 18.2 Å². The van der Waals surface area contributed by atoms with Crippen LogP contribution in [0.4, 0.5) is 0 Å². The molecule has 0 aliphatic carbocycles. The second-order valence-electron chi connectivity index (χ2n) is 5.23. The van der Waals surface area contributed by atoms with Gasteiger partial charge in [-0.15, -0.1) is 0 Å². The number of aliphatic hydroxyl groups is 1. The van der Waals surface area contributed by atoms with Crippen LogP contribution in [-0.2, 0) is 6.54 Å². The molecule has 2 nitrogen and oxygen atoms in total. The fourth-order valence-corrected chi connectivity index (χ4v) is 3.04. The summed E-state index contributed by atoms with van der Waals surface area (Å²) in [5.41, 5.74) is 2.40. The lowest BCUT2D eigenvalue weighted by Gasteiger charge is -2.35. The molecule has 1 unspecified atom stereocenters. The molecule has 1 atom stereocenters. The smallest absolute Gasteiger partial charge is 0.0453 e. The second-order valence-corrected chi connectivity index (χ2v) is 5.63. The van der Waals surface area contributed by atoms with E-state index >= 15 is 0 Å². The van der Waals surface area contributed by atoms with Gasteiger partial charge in [0.15, 0.2) is 0 Å². The van der Waals surface area contributed by atoms with Crippen LogP contribution in [0, 0.1) is 6.92 Å². The van der Waals surface area contributed by atoms with Gasteiger partial charge in [0.25, 0.3) is 0 Å². The molecule has 0 bridgehead atoms. The minimum atomic E-state index is 0.281. The van der Waals surface area contributed by atoms with Gasteiger partial charge >= 0.3 is 0 Å². The van der Waals surface area contributed by atoms with Crippen LogP contribution in [0.3, 0.4) is 0 Å². The first kappa shape index (κ1) is 13.9. The molecule has 1 N–H and O–H groups in total. The van der Waals surface area contributed by atoms with Crippen molar-refractivity contribution < 1.29 is 5.11 Å². The Morgan fingerprint density at radius 2 is 2.22 bits per heavy atom. The highest BCUT2D eigenvalue weighted by Crippen LogP contribution is 2.25. The Hall–Kier alpha value is -0.570. The van der Waals surface area contributed by atoms with E-state index in [1.54, 1.807) is 0 Å². The Morgan fingerprint density at radius 1 is 1.39 bits per heavy atom. The lowest BCUT2D eigenvalue weighted by atomic mass is 9.98. The van der Waals surface area contributed by atoms with Gasteiger partial charge in [-0.3, -0.25) is 4.90 Å². The van der Waals surface area contributed by atoms with Crippen molar-refractivity contribution in [2.24, 2.45) is 0 Å². The van der Waals surface area contributed by atoms with E-state index in [4.69, 9.17) is 16.7 Å². The molecule has 0 saturated carbocycles. The van der Waals surface area contributed by atoms with Crippen LogP contribution in [0.1, 0.15) is 36.8 Å². The van der Waals surface area contributed by atoms with Gasteiger partial charge in [0.2, 0.25) is 0 Å². The first-order valence-corrected chi connectivity index (χ1v) is 7.18. The summed E-state index contributed by atoms with van der Waals surface area (Å²) in [6, 6.07) is 6.79. The third-order valence-corrected chi connectivity index (χ3v) is 4.15. The molecule has 1 aromatic carbocycles. The van der Waals surface area contributed by atoms with E-state index in [2.05, 4.69) is 24.0 Å². The summed E-state index contributed by atoms with van der Waals surface area (Å²) >= 11 is 6.30. The first-order valence-electron chi connectivity index (χ1n) is 6.80. The Kier molecular flexibility index (Phi) is 5.04. The lowest BCUT2D eigenvalue weighted by molar-refractivity contribution is 0.112. The molecule has 2 rings (SSSR count). The van der Waals surface area contributed by atoms with Crippen LogP contribution in [0.25, 0.3) is 0 Å². The van der Waals surface area contributed by atoms with Gasteiger partial charge in [0, 0.05) is 24.2 Å². The third kappa shape index (κ3) is 3.47. The molecule has 1 aliphatic rings. The molecule has 0 aromatic heterocycles. The van der Waals surface area contributed by atoms with E-state index in [0.29, 0.717) is 6.04 Å². The summed E-state index contributed by atoms with van der Waals surface area (Å²) in [6.07, 6.45) is 4.61. The second kappa shape index (κ2) is 6.55. The quantitative estimate of drug-likeness (QED) is 0.904. The molecular formula is C15H22ClNO. The number of rotatable bonds is 4. The molecule has 100 valence electrons. The van der Waals surface area contributed by atoms with Crippen molar-refractivity contribution in [1.29, 1.82) is 0 Å². The van der Waals surface area contributed by atoms with Gasteiger partial charge in [-0.25, -0.2) is 0 Å². The Balaban J connectivity index is 2.06. The van der Waals surface area contributed by atoms with Crippen molar-refractivity contribution in [2.75, 3.05) is 13.2 Å². The van der Waals surface area contributed by atoms with Gasteiger partial charge in [0.1, 0.15) is 0 Å². The SMILES string of the molecule is Cc1ccc(CN2CCCCC2CCO)c(Cl)c1. The minimum absolute atomic E-state index is 0.281. The normalized spacial score (nSPS) is 21.2. The zero-order chi connectivity index (χ0) is 13.0. The summed E-state index contributed by atoms with van der Waals surface area (Å²) in [5, 5.41) is 10.0. The predicted molar refractivity (Wildman–Crippen MR) is 75.9 cm³/mol. The molecule has 0 amide bonds. The maximum absolute atomic E-state index is 9.14. The van der Waals surface area contributed by atoms with E-state index in [1.807, 2.05) is 6.07 Å². The fourth-order valence-electron chi connectivity index (χ4n) is 2.74. The lowest BCUT2D eigenvalue weighted by Crippen LogP contribution is -2.39. The number of hydrogen-bond acceptors (Lipinski definition) is 2. The van der Waals surface area contributed by atoms with Crippen molar-refractivity contribution in [2.45, 2.75) is 45.2 Å². The van der Waals surface area contributed by atoms with E-state index in [-0.39, 0.29) is 6.61 Å². The van der Waals surface area contributed by atoms with Gasteiger partial charge < -0.3 is 5.11 Å². The molecule has 1 heterocycles. The number of piperidine rings is 1. The topological polar surface area (TPSA) is 23.5 Å².